The van der Waals surface area contributed by atoms with E-state index in [2.05, 4.69) is 4.98 Å². The van der Waals surface area contributed by atoms with Crippen LogP contribution in [-0.2, 0) is 26.3 Å². The second kappa shape index (κ2) is 11.2. The van der Waals surface area contributed by atoms with Crippen molar-refractivity contribution < 1.29 is 17.7 Å². The molecule has 7 heteroatoms. The van der Waals surface area contributed by atoms with E-state index in [0.29, 0.717) is 17.9 Å². The average molecular weight is 536 g/mol. The Morgan fingerprint density at radius 1 is 1.00 bits per heavy atom. The Morgan fingerprint density at radius 3 is 2.43 bits per heavy atom. The van der Waals surface area contributed by atoms with Crippen molar-refractivity contribution in [3.63, 3.8) is 0 Å². The molecule has 0 aliphatic heterocycles. The standard InChI is InChI=1S/C30H30ClNO4S/c1-30(2,33)25-6-4-5-22(19-25)10-18-29(36-37(3,34)35)24-11-7-21(8-12-24)9-16-27-17-14-23-13-15-26(31)20-28(23)32-27/h4-9,11-17,19-20,29,33H,10,18H2,1-3H3/b16-9+. The quantitative estimate of drug-likeness (QED) is 0.235. The topological polar surface area (TPSA) is 76.5 Å². The minimum atomic E-state index is -3.66. The summed E-state index contributed by atoms with van der Waals surface area (Å²) in [5.74, 6) is 0. The van der Waals surface area contributed by atoms with E-state index in [-0.39, 0.29) is 0 Å². The minimum Gasteiger partial charge on any atom is -0.386 e. The van der Waals surface area contributed by atoms with Crippen molar-refractivity contribution in [3.05, 3.63) is 112 Å². The number of rotatable bonds is 9. The predicted octanol–water partition coefficient (Wildman–Crippen LogP) is 6.94. The first-order valence-electron chi connectivity index (χ1n) is 12.0. The number of aliphatic hydroxyl groups is 1. The van der Waals surface area contributed by atoms with Crippen molar-refractivity contribution in [2.45, 2.75) is 38.4 Å². The number of nitrogens with zero attached hydrogens (tertiary/aromatic N) is 1. The molecule has 1 unspecified atom stereocenters. The molecule has 1 heterocycles. The predicted molar refractivity (Wildman–Crippen MR) is 151 cm³/mol. The van der Waals surface area contributed by atoms with E-state index in [1.54, 1.807) is 13.8 Å². The fourth-order valence-electron chi connectivity index (χ4n) is 4.09. The smallest absolute Gasteiger partial charge is 0.264 e. The van der Waals surface area contributed by atoms with Gasteiger partial charge in [0.15, 0.2) is 0 Å². The lowest BCUT2D eigenvalue weighted by Gasteiger charge is -2.20. The number of fused-ring (bicyclic) bond motifs is 1. The molecule has 5 nitrogen and oxygen atoms in total. The molecule has 1 N–H and O–H groups in total. The molecule has 1 atom stereocenters. The summed E-state index contributed by atoms with van der Waals surface area (Å²) in [5.41, 5.74) is 4.24. The number of aryl methyl sites for hydroxylation is 1. The van der Waals surface area contributed by atoms with Crippen LogP contribution in [0.4, 0.5) is 0 Å². The van der Waals surface area contributed by atoms with Crippen molar-refractivity contribution >= 4 is 44.8 Å². The molecule has 0 aliphatic carbocycles. The molecule has 0 saturated carbocycles. The zero-order valence-electron chi connectivity index (χ0n) is 21.1. The molecule has 0 amide bonds. The summed E-state index contributed by atoms with van der Waals surface area (Å²) in [5, 5.41) is 12.0. The molecule has 37 heavy (non-hydrogen) atoms. The second-order valence-electron chi connectivity index (χ2n) is 9.66. The maximum atomic E-state index is 12.0. The van der Waals surface area contributed by atoms with Gasteiger partial charge in [0.2, 0.25) is 0 Å². The number of hydrogen-bond donors (Lipinski definition) is 1. The number of aromatic nitrogens is 1. The number of halogens is 1. The van der Waals surface area contributed by atoms with Gasteiger partial charge in [-0.3, -0.25) is 4.18 Å². The van der Waals surface area contributed by atoms with Gasteiger partial charge >= 0.3 is 0 Å². The summed E-state index contributed by atoms with van der Waals surface area (Å²) in [6, 6.07) is 24.9. The van der Waals surface area contributed by atoms with Gasteiger partial charge in [0.1, 0.15) is 6.10 Å². The molecule has 1 aromatic heterocycles. The average Bonchev–Trinajstić information content (AvgIpc) is 2.84. The minimum absolute atomic E-state index is 0.473. The molecule has 0 bridgehead atoms. The van der Waals surface area contributed by atoms with E-state index in [1.165, 1.54) is 0 Å². The lowest BCUT2D eigenvalue weighted by Crippen LogP contribution is -2.16. The van der Waals surface area contributed by atoms with Gasteiger partial charge in [-0.2, -0.15) is 8.42 Å². The summed E-state index contributed by atoms with van der Waals surface area (Å²) in [4.78, 5) is 4.64. The maximum Gasteiger partial charge on any atom is 0.264 e. The highest BCUT2D eigenvalue weighted by molar-refractivity contribution is 7.86. The number of pyridine rings is 1. The third-order valence-corrected chi connectivity index (χ3v) is 6.87. The van der Waals surface area contributed by atoms with Gasteiger partial charge in [-0.25, -0.2) is 4.98 Å². The number of benzene rings is 3. The fourth-order valence-corrected chi connectivity index (χ4v) is 4.88. The summed E-state index contributed by atoms with van der Waals surface area (Å²) < 4.78 is 29.4. The van der Waals surface area contributed by atoms with Crippen molar-refractivity contribution in [1.29, 1.82) is 0 Å². The second-order valence-corrected chi connectivity index (χ2v) is 11.7. The number of hydrogen-bond acceptors (Lipinski definition) is 5. The van der Waals surface area contributed by atoms with E-state index in [9.17, 15) is 13.5 Å². The van der Waals surface area contributed by atoms with Crippen molar-refractivity contribution in [1.82, 2.24) is 4.98 Å². The third kappa shape index (κ3) is 7.73. The van der Waals surface area contributed by atoms with Gasteiger partial charge in [0.05, 0.1) is 23.1 Å². The lowest BCUT2D eigenvalue weighted by atomic mass is 9.94. The Labute approximate surface area is 223 Å². The van der Waals surface area contributed by atoms with Crippen LogP contribution in [0.3, 0.4) is 0 Å². The highest BCUT2D eigenvalue weighted by Gasteiger charge is 2.19. The third-order valence-electron chi connectivity index (χ3n) is 6.05. The SMILES string of the molecule is CC(C)(O)c1cccc(CCC(OS(C)(=O)=O)c2ccc(/C=C/c3ccc4ccc(Cl)cc4n3)cc2)c1. The van der Waals surface area contributed by atoms with Crippen LogP contribution in [0.1, 0.15) is 54.3 Å². The Morgan fingerprint density at radius 2 is 1.73 bits per heavy atom. The van der Waals surface area contributed by atoms with E-state index in [1.807, 2.05) is 91.0 Å². The van der Waals surface area contributed by atoms with E-state index >= 15 is 0 Å². The molecular weight excluding hydrogens is 506 g/mol. The molecule has 4 aromatic rings. The highest BCUT2D eigenvalue weighted by atomic mass is 35.5. The van der Waals surface area contributed by atoms with Gasteiger partial charge in [-0.1, -0.05) is 78.3 Å². The van der Waals surface area contributed by atoms with E-state index in [4.69, 9.17) is 15.8 Å². The lowest BCUT2D eigenvalue weighted by molar-refractivity contribution is 0.0785. The summed E-state index contributed by atoms with van der Waals surface area (Å²) in [6.07, 6.45) is 5.40. The molecule has 0 aliphatic rings. The van der Waals surface area contributed by atoms with Gasteiger partial charge < -0.3 is 5.11 Å². The van der Waals surface area contributed by atoms with Crippen molar-refractivity contribution in [3.8, 4) is 0 Å². The van der Waals surface area contributed by atoms with Crippen LogP contribution in [-0.4, -0.2) is 24.8 Å². The van der Waals surface area contributed by atoms with Crippen LogP contribution in [0.25, 0.3) is 23.1 Å². The van der Waals surface area contributed by atoms with Crippen LogP contribution in [0, 0.1) is 0 Å². The molecule has 4 rings (SSSR count). The molecule has 0 saturated heterocycles. The van der Waals surface area contributed by atoms with Gasteiger partial charge in [0, 0.05) is 10.4 Å². The zero-order valence-corrected chi connectivity index (χ0v) is 22.6. The Balaban J connectivity index is 1.49. The Hall–Kier alpha value is -3.03. The van der Waals surface area contributed by atoms with Crippen molar-refractivity contribution in [2.75, 3.05) is 6.26 Å². The van der Waals surface area contributed by atoms with Crippen LogP contribution < -0.4 is 0 Å². The maximum absolute atomic E-state index is 12.0. The van der Waals surface area contributed by atoms with Crippen molar-refractivity contribution in [2.24, 2.45) is 0 Å². The monoisotopic (exact) mass is 535 g/mol. The first-order chi connectivity index (χ1) is 17.5. The first-order valence-corrected chi connectivity index (χ1v) is 14.2. The first kappa shape index (κ1) is 27.0. The molecule has 3 aromatic carbocycles. The molecule has 0 radical (unpaired) electrons. The Kier molecular flexibility index (Phi) is 8.14. The van der Waals surface area contributed by atoms with Crippen LogP contribution >= 0.6 is 11.6 Å². The molecule has 192 valence electrons. The Bertz CT molecular complexity index is 1520. The largest absolute Gasteiger partial charge is 0.386 e. The van der Waals surface area contributed by atoms with Crippen LogP contribution in [0.15, 0.2) is 78.9 Å². The van der Waals surface area contributed by atoms with Crippen LogP contribution in [0.5, 0.6) is 0 Å². The van der Waals surface area contributed by atoms with Gasteiger partial charge in [0.25, 0.3) is 10.1 Å². The summed E-state index contributed by atoms with van der Waals surface area (Å²) >= 11 is 6.09. The summed E-state index contributed by atoms with van der Waals surface area (Å²) in [6.45, 7) is 3.48. The molecular formula is C30H30ClNO4S. The normalized spacial score (nSPS) is 13.3. The van der Waals surface area contributed by atoms with Gasteiger partial charge in [-0.15, -0.1) is 0 Å². The molecule has 0 spiro atoms. The summed E-state index contributed by atoms with van der Waals surface area (Å²) in [7, 11) is -3.66. The van der Waals surface area contributed by atoms with Crippen LogP contribution in [0.2, 0.25) is 5.02 Å². The zero-order chi connectivity index (χ0) is 26.6. The van der Waals surface area contributed by atoms with E-state index in [0.717, 1.165) is 45.1 Å². The van der Waals surface area contributed by atoms with E-state index < -0.39 is 21.8 Å². The highest BCUT2D eigenvalue weighted by Crippen LogP contribution is 2.28. The van der Waals surface area contributed by atoms with Gasteiger partial charge in [-0.05, 0) is 73.2 Å². The fraction of sp³-hybridized carbons (Fsp3) is 0.233. The molecule has 0 fully saturated rings.